The van der Waals surface area contributed by atoms with Crippen molar-refractivity contribution in [1.82, 2.24) is 0 Å². The largest absolute Gasteiger partial charge is 0.408 e. The molecule has 0 saturated heterocycles. The standard InChI is InChI=1S/C15H25BrFNO3SSi/c1-10(22(18,19)20)14(21-23(5,6)15(2,3)4)12-8-7-11(16)9-13(12)17/h7-10,14H,1-6H3,(H2,18,19,20)/t10-,14+/m1/s1. The summed E-state index contributed by atoms with van der Waals surface area (Å²) in [4.78, 5) is 0. The topological polar surface area (TPSA) is 69.4 Å². The molecule has 0 bridgehead atoms. The molecule has 4 nitrogen and oxygen atoms in total. The summed E-state index contributed by atoms with van der Waals surface area (Å²) in [5, 5.41) is 4.11. The van der Waals surface area contributed by atoms with Crippen molar-refractivity contribution in [3.63, 3.8) is 0 Å². The zero-order valence-electron chi connectivity index (χ0n) is 14.4. The lowest BCUT2D eigenvalue weighted by Gasteiger charge is -2.40. The molecule has 0 fully saturated rings. The molecule has 2 N–H and O–H groups in total. The van der Waals surface area contributed by atoms with Gasteiger partial charge < -0.3 is 4.43 Å². The Balaban J connectivity index is 3.39. The molecule has 2 atom stereocenters. The van der Waals surface area contributed by atoms with Crippen LogP contribution in [0.5, 0.6) is 0 Å². The van der Waals surface area contributed by atoms with Crippen LogP contribution in [0.2, 0.25) is 18.1 Å². The van der Waals surface area contributed by atoms with Crippen molar-refractivity contribution in [2.75, 3.05) is 0 Å². The van der Waals surface area contributed by atoms with E-state index < -0.39 is 35.5 Å². The molecule has 132 valence electrons. The molecule has 0 aromatic heterocycles. The van der Waals surface area contributed by atoms with Gasteiger partial charge in [-0.15, -0.1) is 0 Å². The third-order valence-corrected chi connectivity index (χ3v) is 10.7. The van der Waals surface area contributed by atoms with Gasteiger partial charge >= 0.3 is 0 Å². The summed E-state index contributed by atoms with van der Waals surface area (Å²) in [6, 6.07) is 4.50. The number of rotatable bonds is 5. The van der Waals surface area contributed by atoms with Gasteiger partial charge in [-0.05, 0) is 37.2 Å². The highest BCUT2D eigenvalue weighted by Crippen LogP contribution is 2.41. The number of hydrogen-bond acceptors (Lipinski definition) is 3. The Morgan fingerprint density at radius 3 is 2.22 bits per heavy atom. The maximum Gasteiger partial charge on any atom is 0.214 e. The number of primary sulfonamides is 1. The minimum atomic E-state index is -3.88. The second-order valence-electron chi connectivity index (χ2n) is 7.26. The first-order chi connectivity index (χ1) is 10.2. The van der Waals surface area contributed by atoms with E-state index in [2.05, 4.69) is 15.9 Å². The molecule has 1 aromatic carbocycles. The Morgan fingerprint density at radius 2 is 1.83 bits per heavy atom. The molecule has 1 aromatic rings. The molecule has 1 rings (SSSR count). The summed E-state index contributed by atoms with van der Waals surface area (Å²) in [5.74, 6) is -0.515. The minimum Gasteiger partial charge on any atom is -0.408 e. The van der Waals surface area contributed by atoms with Crippen LogP contribution in [-0.2, 0) is 14.4 Å². The van der Waals surface area contributed by atoms with Gasteiger partial charge in [-0.25, -0.2) is 17.9 Å². The van der Waals surface area contributed by atoms with E-state index in [1.54, 1.807) is 12.1 Å². The van der Waals surface area contributed by atoms with Crippen molar-refractivity contribution in [3.05, 3.63) is 34.1 Å². The van der Waals surface area contributed by atoms with Gasteiger partial charge in [0.1, 0.15) is 11.1 Å². The summed E-state index contributed by atoms with van der Waals surface area (Å²) < 4.78 is 44.9. The van der Waals surface area contributed by atoms with Gasteiger partial charge in [0.15, 0.2) is 8.32 Å². The molecule has 8 heteroatoms. The van der Waals surface area contributed by atoms with Gasteiger partial charge in [0.2, 0.25) is 10.0 Å². The van der Waals surface area contributed by atoms with E-state index in [1.165, 1.54) is 13.0 Å². The predicted octanol–water partition coefficient (Wildman–Crippen LogP) is 4.33. The van der Waals surface area contributed by atoms with Crippen molar-refractivity contribution in [1.29, 1.82) is 0 Å². The minimum absolute atomic E-state index is 0.144. The quantitative estimate of drug-likeness (QED) is 0.713. The molecular formula is C15H25BrFNO3SSi. The number of sulfonamides is 1. The third-order valence-electron chi connectivity index (χ3n) is 4.44. The molecule has 0 heterocycles. The van der Waals surface area contributed by atoms with Crippen LogP contribution < -0.4 is 5.14 Å². The average Bonchev–Trinajstić information content (AvgIpc) is 2.33. The van der Waals surface area contributed by atoms with Crippen LogP contribution >= 0.6 is 15.9 Å². The monoisotopic (exact) mass is 425 g/mol. The Morgan fingerprint density at radius 1 is 1.30 bits per heavy atom. The molecule has 0 aliphatic carbocycles. The number of hydrogen-bond donors (Lipinski definition) is 1. The van der Waals surface area contributed by atoms with Crippen LogP contribution in [0.1, 0.15) is 39.4 Å². The van der Waals surface area contributed by atoms with E-state index in [0.717, 1.165) is 0 Å². The molecule has 0 radical (unpaired) electrons. The summed E-state index contributed by atoms with van der Waals surface area (Å²) in [7, 11) is -6.20. The zero-order valence-corrected chi connectivity index (χ0v) is 17.8. The summed E-state index contributed by atoms with van der Waals surface area (Å²) in [6.07, 6.45) is -0.945. The predicted molar refractivity (Wildman–Crippen MR) is 97.7 cm³/mol. The second-order valence-corrected chi connectivity index (χ2v) is 14.9. The van der Waals surface area contributed by atoms with Gasteiger partial charge in [-0.3, -0.25) is 0 Å². The van der Waals surface area contributed by atoms with Crippen molar-refractivity contribution < 1.29 is 17.2 Å². The second kappa shape index (κ2) is 6.91. The van der Waals surface area contributed by atoms with Gasteiger partial charge in [0, 0.05) is 10.0 Å². The van der Waals surface area contributed by atoms with E-state index in [1.807, 2.05) is 33.9 Å². The fourth-order valence-electron chi connectivity index (χ4n) is 1.81. The summed E-state index contributed by atoms with van der Waals surface area (Å²) in [5.41, 5.74) is 0.208. The van der Waals surface area contributed by atoms with E-state index in [-0.39, 0.29) is 10.6 Å². The van der Waals surface area contributed by atoms with Crippen LogP contribution in [0.15, 0.2) is 22.7 Å². The number of halogens is 2. The van der Waals surface area contributed by atoms with E-state index in [4.69, 9.17) is 9.56 Å². The van der Waals surface area contributed by atoms with Gasteiger partial charge in [-0.2, -0.15) is 0 Å². The van der Waals surface area contributed by atoms with E-state index >= 15 is 0 Å². The molecule has 0 spiro atoms. The van der Waals surface area contributed by atoms with Crippen LogP contribution in [0, 0.1) is 5.82 Å². The van der Waals surface area contributed by atoms with Gasteiger partial charge in [0.05, 0.1) is 6.10 Å². The summed E-state index contributed by atoms with van der Waals surface area (Å²) >= 11 is 3.20. The SMILES string of the molecule is C[C@H]([C@H](O[Si](C)(C)C(C)(C)C)c1ccc(Br)cc1F)S(N)(=O)=O. The zero-order chi connectivity index (χ0) is 18.2. The summed E-state index contributed by atoms with van der Waals surface area (Å²) in [6.45, 7) is 11.6. The number of benzene rings is 1. The van der Waals surface area contributed by atoms with Crippen molar-refractivity contribution in [2.24, 2.45) is 5.14 Å². The first-order valence-electron chi connectivity index (χ1n) is 7.31. The fourth-order valence-corrected chi connectivity index (χ4v) is 4.11. The third kappa shape index (κ3) is 5.09. The number of nitrogens with two attached hydrogens (primary N) is 1. The van der Waals surface area contributed by atoms with Crippen LogP contribution in [0.4, 0.5) is 4.39 Å². The molecule has 0 saturated carbocycles. The van der Waals surface area contributed by atoms with E-state index in [0.29, 0.717) is 4.47 Å². The Kier molecular flexibility index (Phi) is 6.24. The highest BCUT2D eigenvalue weighted by Gasteiger charge is 2.43. The lowest BCUT2D eigenvalue weighted by Crippen LogP contribution is -2.45. The smallest absolute Gasteiger partial charge is 0.214 e. The van der Waals surface area contributed by atoms with Crippen molar-refractivity contribution in [2.45, 2.75) is 57.2 Å². The fraction of sp³-hybridized carbons (Fsp3) is 0.600. The molecule has 0 aliphatic heterocycles. The molecular weight excluding hydrogens is 401 g/mol. The average molecular weight is 426 g/mol. The van der Waals surface area contributed by atoms with Crippen LogP contribution in [0.3, 0.4) is 0 Å². The van der Waals surface area contributed by atoms with Crippen molar-refractivity contribution in [3.8, 4) is 0 Å². The van der Waals surface area contributed by atoms with Gasteiger partial charge in [-0.1, -0.05) is 42.8 Å². The lowest BCUT2D eigenvalue weighted by molar-refractivity contribution is 0.177. The Bertz CT molecular complexity index is 674. The molecule has 0 aliphatic rings. The first-order valence-corrected chi connectivity index (χ1v) is 12.6. The van der Waals surface area contributed by atoms with Crippen molar-refractivity contribution >= 4 is 34.3 Å². The molecule has 23 heavy (non-hydrogen) atoms. The maximum absolute atomic E-state index is 14.4. The van der Waals surface area contributed by atoms with Gasteiger partial charge in [0.25, 0.3) is 0 Å². The van der Waals surface area contributed by atoms with E-state index in [9.17, 15) is 12.8 Å². The van der Waals surface area contributed by atoms with Crippen LogP contribution in [-0.4, -0.2) is 22.0 Å². The molecule has 0 unspecified atom stereocenters. The highest BCUT2D eigenvalue weighted by atomic mass is 79.9. The highest BCUT2D eigenvalue weighted by molar-refractivity contribution is 9.10. The maximum atomic E-state index is 14.4. The lowest BCUT2D eigenvalue weighted by atomic mass is 10.1. The first kappa shape index (κ1) is 20.8. The Hall–Kier alpha value is -0.283. The normalized spacial score (nSPS) is 16.2. The Labute approximate surface area is 147 Å². The van der Waals surface area contributed by atoms with Crippen LogP contribution in [0.25, 0.3) is 0 Å². The molecule has 0 amide bonds.